The van der Waals surface area contributed by atoms with Crippen LogP contribution in [0.3, 0.4) is 0 Å². The molecule has 1 saturated heterocycles. The van der Waals surface area contributed by atoms with Gasteiger partial charge >= 0.3 is 6.03 Å². The van der Waals surface area contributed by atoms with Crippen molar-refractivity contribution in [3.05, 3.63) is 0 Å². The van der Waals surface area contributed by atoms with E-state index in [1.54, 1.807) is 41.5 Å². The monoisotopic (exact) mass is 716 g/mol. The molecule has 1 aliphatic heterocycles. The second-order valence-electron chi connectivity index (χ2n) is 16.9. The van der Waals surface area contributed by atoms with Crippen molar-refractivity contribution < 1.29 is 44.7 Å². The fourth-order valence-corrected chi connectivity index (χ4v) is 8.79. The first-order chi connectivity index (χ1) is 26.0. The van der Waals surface area contributed by atoms with Gasteiger partial charge in [-0.25, -0.2) is 13.2 Å². The zero-order valence-electron chi connectivity index (χ0n) is 39.0. The summed E-state index contributed by atoms with van der Waals surface area (Å²) >= 11 is 0. The van der Waals surface area contributed by atoms with Crippen molar-refractivity contribution in [1.82, 2.24) is 26.2 Å². The van der Waals surface area contributed by atoms with Crippen molar-refractivity contribution in [2.75, 3.05) is 12.3 Å². The zero-order chi connectivity index (χ0) is 44.6. The molecule has 49 heavy (non-hydrogen) atoms. The fourth-order valence-electron chi connectivity index (χ4n) is 7.27. The molecule has 0 bridgehead atoms. The summed E-state index contributed by atoms with van der Waals surface area (Å²) in [5.41, 5.74) is -2.65. The van der Waals surface area contributed by atoms with Crippen molar-refractivity contribution in [3.8, 4) is 0 Å². The number of nitrogens with zero attached hydrogens (tertiary/aromatic N) is 1. The van der Waals surface area contributed by atoms with E-state index in [1.165, 1.54) is 4.90 Å². The Hall–Kier alpha value is -2.70. The van der Waals surface area contributed by atoms with Crippen molar-refractivity contribution >= 4 is 39.4 Å². The Kier molecular flexibility index (Phi) is 8.06. The molecule has 12 nitrogen and oxygen atoms in total. The van der Waals surface area contributed by atoms with E-state index in [1.807, 2.05) is 13.8 Å². The standard InChI is InChI=1S/C36H61N5O7S/c1-10-11-15-24(27(42)30(44)37-22-16-17-22)38-29(43)26-25-23(35(25,8)9)20-41(26)31(45)28(33(2,3)4)39-32(46)40-36(18-13-12-14-19-36)21-49(47,48)34(5,6)7/h22-26,28H,10-21H2,1-9H3,(H,37,44)(H,38,43)(H2,39,40,46)/i1D3,10D2,11D2,15D2. The van der Waals surface area contributed by atoms with Crippen molar-refractivity contribution in [2.45, 2.75) is 161 Å². The summed E-state index contributed by atoms with van der Waals surface area (Å²) in [6, 6.07) is -6.71. The summed E-state index contributed by atoms with van der Waals surface area (Å²) in [5, 5.41) is 10.1. The summed E-state index contributed by atoms with van der Waals surface area (Å²) in [6.07, 6.45) is -7.75. The second-order valence-corrected chi connectivity index (χ2v) is 19.7. The second kappa shape index (κ2) is 14.1. The van der Waals surface area contributed by atoms with Gasteiger partial charge in [-0.1, -0.05) is 73.5 Å². The van der Waals surface area contributed by atoms with Crippen LogP contribution in [-0.4, -0.2) is 89.6 Å². The normalized spacial score (nSPS) is 29.6. The molecule has 13 heteroatoms. The number of hydrogen-bond donors (Lipinski definition) is 4. The molecule has 1 heterocycles. The van der Waals surface area contributed by atoms with Gasteiger partial charge in [0.2, 0.25) is 17.6 Å². The van der Waals surface area contributed by atoms with Gasteiger partial charge in [0.1, 0.15) is 12.1 Å². The molecule has 4 rings (SSSR count). The number of amides is 5. The van der Waals surface area contributed by atoms with Crippen LogP contribution in [-0.2, 0) is 29.0 Å². The maximum absolute atomic E-state index is 14.6. The number of Topliss-reactive ketones (excluding diaryl/α,β-unsaturated/α-hetero) is 1. The Morgan fingerprint density at radius 1 is 0.980 bits per heavy atom. The Morgan fingerprint density at radius 3 is 2.16 bits per heavy atom. The maximum atomic E-state index is 14.6. The van der Waals surface area contributed by atoms with E-state index in [0.717, 1.165) is 6.42 Å². The van der Waals surface area contributed by atoms with Crippen molar-refractivity contribution in [1.29, 1.82) is 0 Å². The molecule has 4 N–H and O–H groups in total. The van der Waals surface area contributed by atoms with Crippen LogP contribution in [0.5, 0.6) is 0 Å². The van der Waals surface area contributed by atoms with Gasteiger partial charge in [0, 0.05) is 24.9 Å². The third-order valence-corrected chi connectivity index (χ3v) is 13.5. The largest absolute Gasteiger partial charge is 0.347 e. The predicted molar refractivity (Wildman–Crippen MR) is 188 cm³/mol. The topological polar surface area (TPSA) is 171 Å². The van der Waals surface area contributed by atoms with Crippen LogP contribution in [0.25, 0.3) is 0 Å². The molecule has 0 spiro atoms. The van der Waals surface area contributed by atoms with E-state index in [0.29, 0.717) is 38.5 Å². The number of rotatable bonds is 13. The number of likely N-dealkylation sites (tertiary alicyclic amines) is 1. The number of ketones is 1. The molecule has 3 saturated carbocycles. The van der Waals surface area contributed by atoms with Gasteiger partial charge in [-0.05, 0) is 75.5 Å². The molecule has 4 fully saturated rings. The fraction of sp³-hybridized carbons (Fsp3) is 0.861. The molecule has 0 aromatic rings. The van der Waals surface area contributed by atoms with E-state index in [-0.39, 0.29) is 18.2 Å². The number of carbonyl (C=O) groups excluding carboxylic acids is 5. The smallest absolute Gasteiger partial charge is 0.315 e. The van der Waals surface area contributed by atoms with Gasteiger partial charge < -0.3 is 26.2 Å². The summed E-state index contributed by atoms with van der Waals surface area (Å²) in [5.74, 6) is -6.12. The van der Waals surface area contributed by atoms with Crippen LogP contribution < -0.4 is 21.3 Å². The lowest BCUT2D eigenvalue weighted by molar-refractivity contribution is -0.145. The van der Waals surface area contributed by atoms with Gasteiger partial charge in [-0.15, -0.1) is 0 Å². The number of nitrogens with one attached hydrogen (secondary N) is 4. The van der Waals surface area contributed by atoms with Crippen molar-refractivity contribution in [2.24, 2.45) is 22.7 Å². The highest BCUT2D eigenvalue weighted by molar-refractivity contribution is 7.92. The molecule has 4 aliphatic rings. The van der Waals surface area contributed by atoms with E-state index in [9.17, 15) is 32.4 Å². The van der Waals surface area contributed by atoms with Gasteiger partial charge in [0.05, 0.1) is 22.1 Å². The van der Waals surface area contributed by atoms with Crippen LogP contribution in [0.4, 0.5) is 4.79 Å². The first-order valence-corrected chi connectivity index (χ1v) is 18.9. The van der Waals surface area contributed by atoms with Crippen LogP contribution in [0.2, 0.25) is 0 Å². The van der Waals surface area contributed by atoms with Gasteiger partial charge in [-0.3, -0.25) is 19.2 Å². The highest BCUT2D eigenvalue weighted by Crippen LogP contribution is 2.65. The van der Waals surface area contributed by atoms with Gasteiger partial charge in [0.25, 0.3) is 5.91 Å². The molecule has 3 aliphatic carbocycles. The average Bonchev–Trinajstić information content (AvgIpc) is 3.91. The first-order valence-electron chi connectivity index (χ1n) is 21.7. The molecular formula is C36H61N5O7S. The third-order valence-electron chi connectivity index (χ3n) is 10.7. The number of sulfone groups is 1. The minimum Gasteiger partial charge on any atom is -0.347 e. The van der Waals surface area contributed by atoms with Crippen LogP contribution in [0.15, 0.2) is 0 Å². The zero-order valence-corrected chi connectivity index (χ0v) is 30.9. The Morgan fingerprint density at radius 2 is 1.61 bits per heavy atom. The van der Waals surface area contributed by atoms with E-state index < -0.39 is 117 Å². The number of carbonyl (C=O) groups is 5. The summed E-state index contributed by atoms with van der Waals surface area (Å²) in [4.78, 5) is 70.9. The molecular weight excluding hydrogens is 646 g/mol. The van der Waals surface area contributed by atoms with Crippen LogP contribution in [0, 0.1) is 22.7 Å². The molecule has 0 aromatic heterocycles. The average molecular weight is 717 g/mol. The summed E-state index contributed by atoms with van der Waals surface area (Å²) in [6.45, 7) is 9.71. The minimum atomic E-state index is -4.00. The lowest BCUT2D eigenvalue weighted by Gasteiger charge is -2.41. The molecule has 5 unspecified atom stereocenters. The van der Waals surface area contributed by atoms with E-state index in [2.05, 4.69) is 21.3 Å². The Labute approximate surface area is 306 Å². The van der Waals surface area contributed by atoms with Crippen molar-refractivity contribution in [3.63, 3.8) is 0 Å². The SMILES string of the molecule is [2H]C([2H])([2H])C([2H])([2H])C([2H])([2H])C([2H])([2H])C(NC(=O)C1C2C(CN1C(=O)C(NC(=O)NC1(CS(=O)(=O)C(C)(C)C)CCCCC1)C(C)(C)C)C2(C)C)C(=O)C(=O)NC1CC1. The lowest BCUT2D eigenvalue weighted by Crippen LogP contribution is -2.64. The number of hydrogen-bond acceptors (Lipinski definition) is 7. The molecule has 0 aromatic carbocycles. The minimum absolute atomic E-state index is 0.00563. The lowest BCUT2D eigenvalue weighted by atomic mass is 9.83. The van der Waals surface area contributed by atoms with Gasteiger partial charge in [-0.2, -0.15) is 0 Å². The quantitative estimate of drug-likeness (QED) is 0.211. The highest BCUT2D eigenvalue weighted by atomic mass is 32.2. The number of urea groups is 1. The predicted octanol–water partition coefficient (Wildman–Crippen LogP) is 3.62. The number of piperidine rings is 1. The van der Waals surface area contributed by atoms with E-state index >= 15 is 0 Å². The van der Waals surface area contributed by atoms with Gasteiger partial charge in [0.15, 0.2) is 9.84 Å². The summed E-state index contributed by atoms with van der Waals surface area (Å²) < 4.78 is 99.0. The first kappa shape index (κ1) is 28.0. The van der Waals surface area contributed by atoms with E-state index in [4.69, 9.17) is 12.3 Å². The molecule has 278 valence electrons. The van der Waals surface area contributed by atoms with Crippen LogP contribution in [0.1, 0.15) is 139 Å². The third kappa shape index (κ3) is 8.79. The molecule has 0 radical (unpaired) electrons. The Balaban J connectivity index is 1.68. The highest BCUT2D eigenvalue weighted by Gasteiger charge is 2.70. The maximum Gasteiger partial charge on any atom is 0.315 e. The molecule has 5 atom stereocenters. The Bertz CT molecular complexity index is 1770. The summed E-state index contributed by atoms with van der Waals surface area (Å²) in [7, 11) is -3.69. The number of fused-ring (bicyclic) bond motifs is 1. The molecule has 5 amide bonds. The van der Waals surface area contributed by atoms with Crippen LogP contribution >= 0.6 is 0 Å².